The zero-order valence-corrected chi connectivity index (χ0v) is 12.2. The number of nitrogens with one attached hydrogen (secondary N) is 2. The van der Waals surface area contributed by atoms with Crippen molar-refractivity contribution in [1.82, 2.24) is 10.3 Å². The van der Waals surface area contributed by atoms with Gasteiger partial charge in [-0.3, -0.25) is 9.59 Å². The molecule has 3 N–H and O–H groups in total. The highest BCUT2D eigenvalue weighted by Crippen LogP contribution is 2.16. The Morgan fingerprint density at radius 3 is 2.90 bits per heavy atom. The monoisotopic (exact) mass is 301 g/mol. The van der Waals surface area contributed by atoms with Crippen molar-refractivity contribution in [3.8, 4) is 0 Å². The number of carboxylic acids is 1. The molecular weight excluding hydrogens is 282 g/mol. The maximum Gasteiger partial charge on any atom is 0.303 e. The van der Waals surface area contributed by atoms with Crippen LogP contribution in [0.15, 0.2) is 5.38 Å². The number of methoxy groups -OCH3 is 1. The molecule has 0 bridgehead atoms. The molecule has 112 valence electrons. The van der Waals surface area contributed by atoms with Crippen LogP contribution in [0.1, 0.15) is 18.5 Å². The zero-order chi connectivity index (χ0) is 14.8. The van der Waals surface area contributed by atoms with Gasteiger partial charge in [0.25, 0.3) is 0 Å². The third-order valence-electron chi connectivity index (χ3n) is 2.40. The van der Waals surface area contributed by atoms with Crippen LogP contribution in [0.2, 0.25) is 0 Å². The van der Waals surface area contributed by atoms with E-state index in [9.17, 15) is 9.59 Å². The van der Waals surface area contributed by atoms with Gasteiger partial charge >= 0.3 is 5.97 Å². The van der Waals surface area contributed by atoms with Crippen LogP contribution in [-0.4, -0.2) is 48.8 Å². The fourth-order valence-corrected chi connectivity index (χ4v) is 2.18. The van der Waals surface area contributed by atoms with Gasteiger partial charge in [-0.15, -0.1) is 11.3 Å². The molecule has 0 atom stereocenters. The number of carboxylic acid groups (broad SMARTS) is 1. The van der Waals surface area contributed by atoms with Crippen molar-refractivity contribution in [3.05, 3.63) is 11.1 Å². The topological polar surface area (TPSA) is 101 Å². The van der Waals surface area contributed by atoms with E-state index in [4.69, 9.17) is 9.84 Å². The normalized spacial score (nSPS) is 10.2. The van der Waals surface area contributed by atoms with Gasteiger partial charge in [0, 0.05) is 38.4 Å². The van der Waals surface area contributed by atoms with Crippen LogP contribution >= 0.6 is 11.3 Å². The molecule has 1 amide bonds. The van der Waals surface area contributed by atoms with Crippen molar-refractivity contribution >= 4 is 28.3 Å². The highest BCUT2D eigenvalue weighted by atomic mass is 32.1. The number of nitrogens with zero attached hydrogens (tertiary/aromatic N) is 1. The highest BCUT2D eigenvalue weighted by molar-refractivity contribution is 7.13. The van der Waals surface area contributed by atoms with E-state index in [0.29, 0.717) is 37.7 Å². The average Bonchev–Trinajstić information content (AvgIpc) is 2.85. The molecular formula is C12H19N3O4S. The maximum atomic E-state index is 11.4. The summed E-state index contributed by atoms with van der Waals surface area (Å²) >= 11 is 1.41. The summed E-state index contributed by atoms with van der Waals surface area (Å²) in [6.45, 7) is 1.50. The summed E-state index contributed by atoms with van der Waals surface area (Å²) in [5.74, 6) is -0.877. The number of aromatic nitrogens is 1. The highest BCUT2D eigenvalue weighted by Gasteiger charge is 2.05. The number of aliphatic carboxylic acids is 1. The Morgan fingerprint density at radius 1 is 1.40 bits per heavy atom. The first kappa shape index (κ1) is 16.4. The van der Waals surface area contributed by atoms with Crippen LogP contribution in [-0.2, 0) is 20.7 Å². The number of carbonyl (C=O) groups is 2. The molecule has 0 aromatic carbocycles. The van der Waals surface area contributed by atoms with Crippen LogP contribution < -0.4 is 10.6 Å². The average molecular weight is 301 g/mol. The Kier molecular flexibility index (Phi) is 7.59. The molecule has 0 aliphatic rings. The van der Waals surface area contributed by atoms with Gasteiger partial charge in [0.2, 0.25) is 5.91 Å². The molecule has 1 heterocycles. The lowest BCUT2D eigenvalue weighted by molar-refractivity contribution is -0.137. The molecule has 0 fully saturated rings. The molecule has 1 aromatic rings. The number of carbonyl (C=O) groups excluding carboxylic acids is 1. The summed E-state index contributed by atoms with van der Waals surface area (Å²) in [7, 11) is 1.58. The third kappa shape index (κ3) is 7.05. The SMILES string of the molecule is COCCNC(=O)CCNc1nc(CCC(=O)O)cs1. The van der Waals surface area contributed by atoms with Crippen LogP contribution in [0.3, 0.4) is 0 Å². The first-order chi connectivity index (χ1) is 9.61. The molecule has 7 nitrogen and oxygen atoms in total. The summed E-state index contributed by atoms with van der Waals surface area (Å²) < 4.78 is 4.83. The molecule has 1 aromatic heterocycles. The lowest BCUT2D eigenvalue weighted by Crippen LogP contribution is -2.28. The second kappa shape index (κ2) is 9.27. The van der Waals surface area contributed by atoms with Gasteiger partial charge in [-0.05, 0) is 0 Å². The lowest BCUT2D eigenvalue weighted by Gasteiger charge is -2.04. The largest absolute Gasteiger partial charge is 0.481 e. The molecule has 20 heavy (non-hydrogen) atoms. The predicted octanol–water partition coefficient (Wildman–Crippen LogP) is 0.725. The molecule has 0 unspecified atom stereocenters. The Labute approximate surface area is 121 Å². The van der Waals surface area contributed by atoms with Crippen LogP contribution in [0.5, 0.6) is 0 Å². The maximum absolute atomic E-state index is 11.4. The van der Waals surface area contributed by atoms with Crippen molar-refractivity contribution in [1.29, 1.82) is 0 Å². The second-order valence-electron chi connectivity index (χ2n) is 4.06. The Balaban J connectivity index is 2.18. The molecule has 0 saturated heterocycles. The van der Waals surface area contributed by atoms with E-state index in [0.717, 1.165) is 5.69 Å². The summed E-state index contributed by atoms with van der Waals surface area (Å²) in [5.41, 5.74) is 0.754. The Morgan fingerprint density at radius 2 is 2.20 bits per heavy atom. The minimum atomic E-state index is -0.833. The molecule has 0 aliphatic carbocycles. The summed E-state index contributed by atoms with van der Waals surface area (Å²) in [6, 6.07) is 0. The van der Waals surface area contributed by atoms with E-state index in [1.807, 2.05) is 5.38 Å². The summed E-state index contributed by atoms with van der Waals surface area (Å²) in [4.78, 5) is 26.1. The van der Waals surface area contributed by atoms with Gasteiger partial charge in [-0.1, -0.05) is 0 Å². The first-order valence-corrected chi connectivity index (χ1v) is 7.15. The minimum absolute atomic E-state index is 0.0443. The number of hydrogen-bond donors (Lipinski definition) is 3. The van der Waals surface area contributed by atoms with Crippen molar-refractivity contribution in [3.63, 3.8) is 0 Å². The van der Waals surface area contributed by atoms with Crippen LogP contribution in [0.4, 0.5) is 5.13 Å². The van der Waals surface area contributed by atoms with Crippen molar-refractivity contribution in [2.75, 3.05) is 32.1 Å². The number of hydrogen-bond acceptors (Lipinski definition) is 6. The van der Waals surface area contributed by atoms with Gasteiger partial charge in [-0.2, -0.15) is 0 Å². The van der Waals surface area contributed by atoms with Gasteiger partial charge in [0.15, 0.2) is 5.13 Å². The Hall–Kier alpha value is -1.67. The van der Waals surface area contributed by atoms with E-state index < -0.39 is 5.97 Å². The third-order valence-corrected chi connectivity index (χ3v) is 3.25. The standard InChI is InChI=1S/C12H19N3O4S/c1-19-7-6-13-10(16)4-5-14-12-15-9(8-20-12)2-3-11(17)18/h8H,2-7H2,1H3,(H,13,16)(H,14,15)(H,17,18). The lowest BCUT2D eigenvalue weighted by atomic mass is 10.2. The molecule has 0 spiro atoms. The predicted molar refractivity (Wildman–Crippen MR) is 76.1 cm³/mol. The van der Waals surface area contributed by atoms with E-state index in [1.54, 1.807) is 7.11 Å². The van der Waals surface area contributed by atoms with E-state index in [-0.39, 0.29) is 12.3 Å². The fourth-order valence-electron chi connectivity index (χ4n) is 1.40. The molecule has 0 aliphatic heterocycles. The van der Waals surface area contributed by atoms with E-state index in [2.05, 4.69) is 15.6 Å². The quantitative estimate of drug-likeness (QED) is 0.551. The second-order valence-corrected chi connectivity index (χ2v) is 4.92. The first-order valence-electron chi connectivity index (χ1n) is 6.27. The van der Waals surface area contributed by atoms with Gasteiger partial charge in [0.1, 0.15) is 0 Å². The number of amides is 1. The van der Waals surface area contributed by atoms with E-state index in [1.165, 1.54) is 11.3 Å². The number of aryl methyl sites for hydroxylation is 1. The van der Waals surface area contributed by atoms with Crippen LogP contribution in [0.25, 0.3) is 0 Å². The molecule has 0 saturated carbocycles. The number of thiazole rings is 1. The molecule has 1 rings (SSSR count). The fraction of sp³-hybridized carbons (Fsp3) is 0.583. The minimum Gasteiger partial charge on any atom is -0.481 e. The number of anilines is 1. The smallest absolute Gasteiger partial charge is 0.303 e. The van der Waals surface area contributed by atoms with Crippen molar-refractivity contribution in [2.24, 2.45) is 0 Å². The van der Waals surface area contributed by atoms with Gasteiger partial charge < -0.3 is 20.5 Å². The van der Waals surface area contributed by atoms with Crippen LogP contribution in [0, 0.1) is 0 Å². The van der Waals surface area contributed by atoms with Crippen molar-refractivity contribution < 1.29 is 19.4 Å². The summed E-state index contributed by atoms with van der Waals surface area (Å²) in [5, 5.41) is 16.9. The molecule has 8 heteroatoms. The molecule has 0 radical (unpaired) electrons. The van der Waals surface area contributed by atoms with E-state index >= 15 is 0 Å². The Bertz CT molecular complexity index is 436. The van der Waals surface area contributed by atoms with Gasteiger partial charge in [-0.25, -0.2) is 4.98 Å². The number of rotatable bonds is 10. The van der Waals surface area contributed by atoms with Gasteiger partial charge in [0.05, 0.1) is 18.7 Å². The number of ether oxygens (including phenoxy) is 1. The summed E-state index contributed by atoms with van der Waals surface area (Å²) in [6.07, 6.45) is 0.851. The zero-order valence-electron chi connectivity index (χ0n) is 11.3. The van der Waals surface area contributed by atoms with Crippen molar-refractivity contribution in [2.45, 2.75) is 19.3 Å².